The second kappa shape index (κ2) is 10.4. The molecule has 0 saturated carbocycles. The number of hydrogen-bond donors (Lipinski definition) is 1. The maximum absolute atomic E-state index is 12.2. The van der Waals surface area contributed by atoms with E-state index in [9.17, 15) is 14.9 Å². The maximum atomic E-state index is 12.2. The third kappa shape index (κ3) is 5.77. The largest absolute Gasteiger partial charge is 0.494 e. The van der Waals surface area contributed by atoms with Gasteiger partial charge in [0.1, 0.15) is 5.75 Å². The van der Waals surface area contributed by atoms with Crippen LogP contribution >= 0.6 is 0 Å². The summed E-state index contributed by atoms with van der Waals surface area (Å²) in [6.45, 7) is 5.04. The van der Waals surface area contributed by atoms with Crippen LogP contribution in [0.25, 0.3) is 0 Å². The number of nitrogens with zero attached hydrogens (tertiary/aromatic N) is 3. The highest BCUT2D eigenvalue weighted by atomic mass is 16.6. The minimum absolute atomic E-state index is 0.0332. The number of non-ortho nitro benzene ring substituents is 1. The molecule has 1 aliphatic rings. The van der Waals surface area contributed by atoms with E-state index in [0.29, 0.717) is 38.5 Å². The lowest BCUT2D eigenvalue weighted by Gasteiger charge is -2.29. The first-order valence-corrected chi connectivity index (χ1v) is 9.71. The molecule has 0 radical (unpaired) electrons. The minimum Gasteiger partial charge on any atom is -0.494 e. The van der Waals surface area contributed by atoms with Crippen molar-refractivity contribution in [2.75, 3.05) is 37.8 Å². The highest BCUT2D eigenvalue weighted by Gasteiger charge is 2.17. The molecule has 1 saturated heterocycles. The third-order valence-corrected chi connectivity index (χ3v) is 4.57. The van der Waals surface area contributed by atoms with E-state index < -0.39 is 4.92 Å². The van der Waals surface area contributed by atoms with Crippen LogP contribution in [0, 0.1) is 10.1 Å². The molecule has 0 spiro atoms. The second-order valence-electron chi connectivity index (χ2n) is 6.65. The minimum atomic E-state index is -0.453. The lowest BCUT2D eigenvalue weighted by Crippen LogP contribution is -2.36. The molecule has 1 amide bonds. The third-order valence-electron chi connectivity index (χ3n) is 4.57. The van der Waals surface area contributed by atoms with Crippen LogP contribution in [-0.4, -0.2) is 50.0 Å². The number of morpholine rings is 1. The molecular weight excluding hydrogens is 388 g/mol. The highest BCUT2D eigenvalue weighted by molar-refractivity contribution is 5.90. The zero-order chi connectivity index (χ0) is 21.3. The lowest BCUT2D eigenvalue weighted by atomic mass is 10.1. The molecule has 9 nitrogen and oxygen atoms in total. The van der Waals surface area contributed by atoms with Gasteiger partial charge in [-0.2, -0.15) is 5.10 Å². The Morgan fingerprint density at radius 2 is 2.00 bits per heavy atom. The first-order chi connectivity index (χ1) is 14.6. The van der Waals surface area contributed by atoms with Crippen LogP contribution in [-0.2, 0) is 16.0 Å². The van der Waals surface area contributed by atoms with Gasteiger partial charge in [-0.15, -0.1) is 0 Å². The molecule has 0 aromatic heterocycles. The first-order valence-electron chi connectivity index (χ1n) is 9.71. The van der Waals surface area contributed by atoms with Crippen LogP contribution in [0.4, 0.5) is 11.4 Å². The number of amides is 1. The molecule has 1 heterocycles. The molecule has 30 heavy (non-hydrogen) atoms. The highest BCUT2D eigenvalue weighted by Crippen LogP contribution is 2.25. The van der Waals surface area contributed by atoms with Crippen molar-refractivity contribution in [3.8, 4) is 5.75 Å². The number of ether oxygens (including phenoxy) is 2. The van der Waals surface area contributed by atoms with Gasteiger partial charge in [-0.25, -0.2) is 5.43 Å². The summed E-state index contributed by atoms with van der Waals surface area (Å²) in [6.07, 6.45) is 1.60. The summed E-state index contributed by atoms with van der Waals surface area (Å²) >= 11 is 0. The summed E-state index contributed by atoms with van der Waals surface area (Å²) < 4.78 is 10.7. The Bertz CT molecular complexity index is 908. The van der Waals surface area contributed by atoms with Gasteiger partial charge in [0.15, 0.2) is 0 Å². The summed E-state index contributed by atoms with van der Waals surface area (Å²) in [7, 11) is 0. The molecule has 0 aliphatic carbocycles. The Labute approximate surface area is 174 Å². The molecule has 2 aromatic carbocycles. The Kier molecular flexibility index (Phi) is 7.34. The van der Waals surface area contributed by atoms with Crippen molar-refractivity contribution in [1.82, 2.24) is 5.43 Å². The molecule has 3 rings (SSSR count). The van der Waals surface area contributed by atoms with E-state index in [1.807, 2.05) is 31.2 Å². The number of benzene rings is 2. The predicted molar refractivity (Wildman–Crippen MR) is 113 cm³/mol. The van der Waals surface area contributed by atoms with Gasteiger partial charge in [-0.05, 0) is 30.7 Å². The van der Waals surface area contributed by atoms with E-state index in [2.05, 4.69) is 15.4 Å². The fourth-order valence-corrected chi connectivity index (χ4v) is 3.12. The topological polar surface area (TPSA) is 106 Å². The normalized spacial score (nSPS) is 14.0. The van der Waals surface area contributed by atoms with Crippen LogP contribution in [0.15, 0.2) is 47.6 Å². The number of rotatable bonds is 8. The fourth-order valence-electron chi connectivity index (χ4n) is 3.12. The Morgan fingerprint density at radius 3 is 2.67 bits per heavy atom. The van der Waals surface area contributed by atoms with Crippen molar-refractivity contribution < 1.29 is 19.2 Å². The van der Waals surface area contributed by atoms with Gasteiger partial charge in [0.25, 0.3) is 5.69 Å². The van der Waals surface area contributed by atoms with E-state index >= 15 is 0 Å². The summed E-state index contributed by atoms with van der Waals surface area (Å²) in [5, 5.41) is 15.2. The lowest BCUT2D eigenvalue weighted by molar-refractivity contribution is -0.384. The van der Waals surface area contributed by atoms with Gasteiger partial charge in [0.2, 0.25) is 5.91 Å². The van der Waals surface area contributed by atoms with Crippen molar-refractivity contribution in [2.24, 2.45) is 5.10 Å². The van der Waals surface area contributed by atoms with Gasteiger partial charge >= 0.3 is 0 Å². The summed E-state index contributed by atoms with van der Waals surface area (Å²) in [4.78, 5) is 24.9. The van der Waals surface area contributed by atoms with Crippen molar-refractivity contribution >= 4 is 23.5 Å². The number of carbonyl (C=O) groups excluding carboxylic acids is 1. The molecule has 0 bridgehead atoms. The van der Waals surface area contributed by atoms with E-state index in [1.165, 1.54) is 18.3 Å². The fraction of sp³-hybridized carbons (Fsp3) is 0.333. The summed E-state index contributed by atoms with van der Waals surface area (Å²) in [5.74, 6) is 0.467. The van der Waals surface area contributed by atoms with Crippen molar-refractivity contribution in [1.29, 1.82) is 0 Å². The van der Waals surface area contributed by atoms with Crippen LogP contribution in [0.5, 0.6) is 5.75 Å². The molecule has 1 N–H and O–H groups in total. The van der Waals surface area contributed by atoms with Gasteiger partial charge in [0, 0.05) is 36.5 Å². The molecule has 0 atom stereocenters. The quantitative estimate of drug-likeness (QED) is 0.406. The average molecular weight is 412 g/mol. The number of nitro benzene ring substituents is 1. The van der Waals surface area contributed by atoms with Crippen LogP contribution in [0.1, 0.15) is 18.1 Å². The zero-order valence-corrected chi connectivity index (χ0v) is 16.7. The maximum Gasteiger partial charge on any atom is 0.270 e. The van der Waals surface area contributed by atoms with E-state index in [4.69, 9.17) is 9.47 Å². The second-order valence-corrected chi connectivity index (χ2v) is 6.65. The monoisotopic (exact) mass is 412 g/mol. The first kappa shape index (κ1) is 21.3. The number of anilines is 1. The molecule has 1 fully saturated rings. The van der Waals surface area contributed by atoms with Crippen molar-refractivity contribution in [2.45, 2.75) is 13.3 Å². The number of hydrogen-bond acceptors (Lipinski definition) is 7. The Balaban J connectivity index is 1.66. The standard InChI is InChI=1S/C21H24N4O5/c1-2-30-19-6-3-16(4-7-19)13-21(26)23-22-15-17-14-18(25(27)28)5-8-20(17)24-9-11-29-12-10-24/h3-8,14-15H,2,9-13H2,1H3,(H,23,26)/b22-15-. The molecule has 0 unspecified atom stereocenters. The van der Waals surface area contributed by atoms with Crippen LogP contribution in [0.2, 0.25) is 0 Å². The SMILES string of the molecule is CCOc1ccc(CC(=O)N/N=C\c2cc([N+](=O)[O-])ccc2N2CCOCC2)cc1. The Hall–Kier alpha value is -3.46. The molecule has 2 aromatic rings. The smallest absolute Gasteiger partial charge is 0.270 e. The van der Waals surface area contributed by atoms with Crippen LogP contribution < -0.4 is 15.1 Å². The molecule has 1 aliphatic heterocycles. The van der Waals surface area contributed by atoms with Crippen molar-refractivity contribution in [3.63, 3.8) is 0 Å². The summed E-state index contributed by atoms with van der Waals surface area (Å²) in [5.41, 5.74) is 4.66. The van der Waals surface area contributed by atoms with Crippen molar-refractivity contribution in [3.05, 3.63) is 63.7 Å². The van der Waals surface area contributed by atoms with E-state index in [1.54, 1.807) is 6.07 Å². The number of nitrogens with one attached hydrogen (secondary N) is 1. The van der Waals surface area contributed by atoms with Crippen LogP contribution in [0.3, 0.4) is 0 Å². The average Bonchev–Trinajstić information content (AvgIpc) is 2.76. The zero-order valence-electron chi connectivity index (χ0n) is 16.7. The number of hydrazone groups is 1. The molecule has 158 valence electrons. The number of carbonyl (C=O) groups is 1. The summed E-state index contributed by atoms with van der Waals surface area (Å²) in [6, 6.07) is 11.9. The van der Waals surface area contributed by atoms with Gasteiger partial charge < -0.3 is 14.4 Å². The van der Waals surface area contributed by atoms with E-state index in [-0.39, 0.29) is 18.0 Å². The van der Waals surface area contributed by atoms with Gasteiger partial charge in [-0.3, -0.25) is 14.9 Å². The molecular formula is C21H24N4O5. The van der Waals surface area contributed by atoms with Gasteiger partial charge in [-0.1, -0.05) is 12.1 Å². The predicted octanol–water partition coefficient (Wildman–Crippen LogP) is 2.52. The molecule has 9 heteroatoms. The van der Waals surface area contributed by atoms with Gasteiger partial charge in [0.05, 0.1) is 37.4 Å². The Morgan fingerprint density at radius 1 is 1.27 bits per heavy atom. The van der Waals surface area contributed by atoms with E-state index in [0.717, 1.165) is 17.0 Å². The number of nitro groups is 1.